The second-order valence-electron chi connectivity index (χ2n) is 4.62. The van der Waals surface area contributed by atoms with E-state index in [0.717, 1.165) is 19.8 Å². The van der Waals surface area contributed by atoms with Gasteiger partial charge >= 0.3 is 0 Å². The van der Waals surface area contributed by atoms with Crippen molar-refractivity contribution in [2.75, 3.05) is 26.8 Å². The normalized spacial score (nSPS) is 23.8. The molecular weight excluding hydrogens is 176 g/mol. The molecule has 2 atom stereocenters. The number of ether oxygens (including phenoxy) is 1. The van der Waals surface area contributed by atoms with Crippen molar-refractivity contribution in [1.29, 1.82) is 0 Å². The summed E-state index contributed by atoms with van der Waals surface area (Å²) in [5.74, 6) is 0.572. The molecule has 84 valence electrons. The number of nitrogens with zero attached hydrogens (tertiary/aromatic N) is 1. The zero-order chi connectivity index (χ0) is 10.6. The van der Waals surface area contributed by atoms with Gasteiger partial charge < -0.3 is 15.4 Å². The van der Waals surface area contributed by atoms with E-state index in [1.807, 2.05) is 0 Å². The third-order valence-corrected chi connectivity index (χ3v) is 3.29. The molecule has 1 aliphatic heterocycles. The molecule has 0 radical (unpaired) electrons. The molecule has 3 heteroatoms. The molecule has 0 amide bonds. The minimum Gasteiger partial charge on any atom is -0.381 e. The Morgan fingerprint density at radius 2 is 1.93 bits per heavy atom. The van der Waals surface area contributed by atoms with Crippen molar-refractivity contribution in [3.05, 3.63) is 0 Å². The van der Waals surface area contributed by atoms with E-state index in [4.69, 9.17) is 10.5 Å². The molecule has 1 aliphatic rings. The van der Waals surface area contributed by atoms with Crippen LogP contribution in [0.2, 0.25) is 0 Å². The Morgan fingerprint density at radius 3 is 2.43 bits per heavy atom. The summed E-state index contributed by atoms with van der Waals surface area (Å²) < 4.78 is 5.35. The van der Waals surface area contributed by atoms with Gasteiger partial charge in [-0.2, -0.15) is 0 Å². The molecule has 0 aromatic rings. The first-order valence-corrected chi connectivity index (χ1v) is 5.65. The third-order valence-electron chi connectivity index (χ3n) is 3.29. The summed E-state index contributed by atoms with van der Waals surface area (Å²) in [5, 5.41) is 0. The molecule has 1 heterocycles. The Bertz CT molecular complexity index is 155. The van der Waals surface area contributed by atoms with E-state index in [-0.39, 0.29) is 6.04 Å². The van der Waals surface area contributed by atoms with E-state index < -0.39 is 0 Å². The van der Waals surface area contributed by atoms with Crippen LogP contribution >= 0.6 is 0 Å². The molecule has 0 aromatic carbocycles. The summed E-state index contributed by atoms with van der Waals surface area (Å²) in [7, 11) is 2.20. The lowest BCUT2D eigenvalue weighted by Crippen LogP contribution is -2.42. The van der Waals surface area contributed by atoms with Gasteiger partial charge in [-0.3, -0.25) is 0 Å². The highest BCUT2D eigenvalue weighted by atomic mass is 16.5. The molecule has 2 N–H and O–H groups in total. The van der Waals surface area contributed by atoms with E-state index >= 15 is 0 Å². The predicted octanol–water partition coefficient (Wildman–Crippen LogP) is 1.08. The fraction of sp³-hybridized carbons (Fsp3) is 1.00. The number of hydrogen-bond donors (Lipinski definition) is 1. The quantitative estimate of drug-likeness (QED) is 0.738. The molecule has 14 heavy (non-hydrogen) atoms. The van der Waals surface area contributed by atoms with Crippen molar-refractivity contribution in [3.63, 3.8) is 0 Å². The topological polar surface area (TPSA) is 38.5 Å². The lowest BCUT2D eigenvalue weighted by molar-refractivity contribution is 0.0381. The zero-order valence-corrected chi connectivity index (χ0v) is 9.70. The Kier molecular flexibility index (Phi) is 4.85. The molecule has 0 saturated carbocycles. The first-order chi connectivity index (χ1) is 6.61. The summed E-state index contributed by atoms with van der Waals surface area (Å²) >= 11 is 0. The van der Waals surface area contributed by atoms with Gasteiger partial charge in [0.1, 0.15) is 0 Å². The van der Waals surface area contributed by atoms with Gasteiger partial charge in [0.2, 0.25) is 0 Å². The van der Waals surface area contributed by atoms with Crippen LogP contribution in [-0.4, -0.2) is 43.8 Å². The van der Waals surface area contributed by atoms with Gasteiger partial charge in [-0.25, -0.2) is 0 Å². The molecule has 1 saturated heterocycles. The van der Waals surface area contributed by atoms with Gasteiger partial charge in [-0.05, 0) is 32.7 Å². The highest BCUT2D eigenvalue weighted by Gasteiger charge is 2.20. The van der Waals surface area contributed by atoms with Crippen LogP contribution in [-0.2, 0) is 4.74 Å². The first kappa shape index (κ1) is 12.0. The SMILES string of the molecule is CC(N)C(C)CN(C)C1CCOCC1. The highest BCUT2D eigenvalue weighted by molar-refractivity contribution is 4.75. The minimum atomic E-state index is 0.289. The van der Waals surface area contributed by atoms with Gasteiger partial charge in [-0.15, -0.1) is 0 Å². The van der Waals surface area contributed by atoms with Crippen LogP contribution in [0.1, 0.15) is 26.7 Å². The van der Waals surface area contributed by atoms with Gasteiger partial charge in [0.05, 0.1) is 0 Å². The maximum Gasteiger partial charge on any atom is 0.0480 e. The standard InChI is InChI=1S/C11H24N2O/c1-9(10(2)12)8-13(3)11-4-6-14-7-5-11/h9-11H,4-8,12H2,1-3H3. The Balaban J connectivity index is 2.28. The van der Waals surface area contributed by atoms with Crippen LogP contribution in [0.3, 0.4) is 0 Å². The van der Waals surface area contributed by atoms with Crippen molar-refractivity contribution in [2.45, 2.75) is 38.8 Å². The van der Waals surface area contributed by atoms with Crippen LogP contribution in [0.25, 0.3) is 0 Å². The van der Waals surface area contributed by atoms with Crippen LogP contribution in [0.5, 0.6) is 0 Å². The van der Waals surface area contributed by atoms with Gasteiger partial charge in [-0.1, -0.05) is 6.92 Å². The summed E-state index contributed by atoms with van der Waals surface area (Å²) in [6, 6.07) is 0.988. The molecule has 0 spiro atoms. The van der Waals surface area contributed by atoms with Gasteiger partial charge in [0.25, 0.3) is 0 Å². The third kappa shape index (κ3) is 3.56. The number of rotatable bonds is 4. The van der Waals surface area contributed by atoms with Gasteiger partial charge in [0.15, 0.2) is 0 Å². The molecule has 1 fully saturated rings. The minimum absolute atomic E-state index is 0.289. The first-order valence-electron chi connectivity index (χ1n) is 5.65. The molecule has 3 nitrogen and oxygen atoms in total. The molecule has 1 rings (SSSR count). The average molecular weight is 200 g/mol. The van der Waals surface area contributed by atoms with Gasteiger partial charge in [0, 0.05) is 31.8 Å². The average Bonchev–Trinajstić information content (AvgIpc) is 2.19. The van der Waals surface area contributed by atoms with Crippen molar-refractivity contribution >= 4 is 0 Å². The Morgan fingerprint density at radius 1 is 1.36 bits per heavy atom. The van der Waals surface area contributed by atoms with E-state index in [2.05, 4.69) is 25.8 Å². The summed E-state index contributed by atoms with van der Waals surface area (Å²) in [6.45, 7) is 7.24. The number of hydrogen-bond acceptors (Lipinski definition) is 3. The van der Waals surface area contributed by atoms with E-state index in [1.165, 1.54) is 12.8 Å². The van der Waals surface area contributed by atoms with Crippen molar-refractivity contribution in [3.8, 4) is 0 Å². The fourth-order valence-corrected chi connectivity index (χ4v) is 1.90. The van der Waals surface area contributed by atoms with Crippen molar-refractivity contribution in [1.82, 2.24) is 4.90 Å². The van der Waals surface area contributed by atoms with E-state index in [1.54, 1.807) is 0 Å². The van der Waals surface area contributed by atoms with Crippen LogP contribution in [0.4, 0.5) is 0 Å². The van der Waals surface area contributed by atoms with E-state index in [0.29, 0.717) is 12.0 Å². The molecule has 0 aromatic heterocycles. The molecule has 0 aliphatic carbocycles. The maximum absolute atomic E-state index is 5.86. The summed E-state index contributed by atoms with van der Waals surface area (Å²) in [5.41, 5.74) is 5.86. The lowest BCUT2D eigenvalue weighted by Gasteiger charge is -2.33. The molecule has 0 bridgehead atoms. The highest BCUT2D eigenvalue weighted by Crippen LogP contribution is 2.14. The van der Waals surface area contributed by atoms with E-state index in [9.17, 15) is 0 Å². The largest absolute Gasteiger partial charge is 0.381 e. The fourth-order valence-electron chi connectivity index (χ4n) is 1.90. The van der Waals surface area contributed by atoms with Crippen molar-refractivity contribution in [2.24, 2.45) is 11.7 Å². The molecular formula is C11H24N2O. The van der Waals surface area contributed by atoms with Crippen LogP contribution in [0, 0.1) is 5.92 Å². The number of nitrogens with two attached hydrogens (primary N) is 1. The van der Waals surface area contributed by atoms with Crippen molar-refractivity contribution < 1.29 is 4.74 Å². The summed E-state index contributed by atoms with van der Waals surface area (Å²) in [6.07, 6.45) is 2.34. The Labute approximate surface area is 87.6 Å². The lowest BCUT2D eigenvalue weighted by atomic mass is 10.0. The van der Waals surface area contributed by atoms with Crippen LogP contribution < -0.4 is 5.73 Å². The monoisotopic (exact) mass is 200 g/mol. The second kappa shape index (κ2) is 5.69. The predicted molar refractivity (Wildman–Crippen MR) is 59.3 cm³/mol. The second-order valence-corrected chi connectivity index (χ2v) is 4.62. The molecule has 2 unspecified atom stereocenters. The van der Waals surface area contributed by atoms with Crippen LogP contribution in [0.15, 0.2) is 0 Å². The smallest absolute Gasteiger partial charge is 0.0480 e. The summed E-state index contributed by atoms with van der Waals surface area (Å²) in [4.78, 5) is 2.44. The zero-order valence-electron chi connectivity index (χ0n) is 9.70. The Hall–Kier alpha value is -0.120. The maximum atomic E-state index is 5.86.